The summed E-state index contributed by atoms with van der Waals surface area (Å²) in [6.07, 6.45) is 6.07. The number of likely N-dealkylation sites (tertiary alicyclic amines) is 1. The zero-order valence-corrected chi connectivity index (χ0v) is 14.6. The fourth-order valence-electron chi connectivity index (χ4n) is 3.74. The second-order valence-electron chi connectivity index (χ2n) is 6.96. The molecule has 2 aromatic heterocycles. The van der Waals surface area contributed by atoms with Gasteiger partial charge in [0.15, 0.2) is 5.69 Å². The summed E-state index contributed by atoms with van der Waals surface area (Å²) in [5.41, 5.74) is 3.87. The number of nitrogens with zero attached hydrogens (tertiary/aromatic N) is 3. The molecule has 0 radical (unpaired) electrons. The van der Waals surface area contributed by atoms with Crippen LogP contribution in [0.2, 0.25) is 0 Å². The van der Waals surface area contributed by atoms with Gasteiger partial charge in [-0.3, -0.25) is 9.89 Å². The number of carbonyl (C=O) groups excluding carboxylic acids is 1. The maximum absolute atomic E-state index is 12.8. The van der Waals surface area contributed by atoms with E-state index in [0.29, 0.717) is 24.7 Å². The van der Waals surface area contributed by atoms with Crippen molar-refractivity contribution >= 4 is 5.91 Å². The number of hydrogen-bond donors (Lipinski definition) is 1. The van der Waals surface area contributed by atoms with Crippen LogP contribution in [0.1, 0.15) is 53.1 Å². The minimum Gasteiger partial charge on any atom is -0.474 e. The molecule has 0 spiro atoms. The van der Waals surface area contributed by atoms with Crippen LogP contribution >= 0.6 is 0 Å². The number of rotatable bonds is 3. The largest absolute Gasteiger partial charge is 0.474 e. The highest BCUT2D eigenvalue weighted by molar-refractivity contribution is 5.94. The zero-order chi connectivity index (χ0) is 17.2. The number of H-pyrrole nitrogens is 1. The number of aryl methyl sites for hydroxylation is 2. The predicted molar refractivity (Wildman–Crippen MR) is 93.8 cm³/mol. The molecule has 1 aliphatic carbocycles. The number of amides is 1. The summed E-state index contributed by atoms with van der Waals surface area (Å²) in [6.45, 7) is 3.37. The highest BCUT2D eigenvalue weighted by Gasteiger charge is 2.29. The first-order chi connectivity index (χ1) is 12.2. The van der Waals surface area contributed by atoms with Gasteiger partial charge in [0.05, 0.1) is 0 Å². The van der Waals surface area contributed by atoms with E-state index in [1.165, 1.54) is 6.42 Å². The molecule has 1 N–H and O–H groups in total. The lowest BCUT2D eigenvalue weighted by atomic mass is 9.95. The van der Waals surface area contributed by atoms with Crippen LogP contribution in [0.3, 0.4) is 0 Å². The lowest BCUT2D eigenvalue weighted by molar-refractivity contribution is 0.0581. The van der Waals surface area contributed by atoms with Gasteiger partial charge in [-0.1, -0.05) is 6.07 Å². The summed E-state index contributed by atoms with van der Waals surface area (Å²) in [5.74, 6) is 0.734. The number of pyridine rings is 1. The van der Waals surface area contributed by atoms with E-state index in [1.54, 1.807) is 0 Å². The highest BCUT2D eigenvalue weighted by Crippen LogP contribution is 2.25. The summed E-state index contributed by atoms with van der Waals surface area (Å²) < 4.78 is 5.97. The van der Waals surface area contributed by atoms with Crippen LogP contribution in [0.4, 0.5) is 0 Å². The Morgan fingerprint density at radius 2 is 2.04 bits per heavy atom. The standard InChI is InChI=1S/C19H24N4O2/c1-13-5-4-8-17(20-13)25-14-9-11-23(12-10-14)19(24)18-15-6-2-3-7-16(15)21-22-18/h4-5,8,14H,2-3,6-7,9-12H2,1H3,(H,21,22). The number of piperidine rings is 1. The molecule has 3 heterocycles. The van der Waals surface area contributed by atoms with Crippen LogP contribution in [-0.4, -0.2) is 45.2 Å². The number of hydrogen-bond acceptors (Lipinski definition) is 4. The maximum atomic E-state index is 12.8. The Morgan fingerprint density at radius 1 is 1.24 bits per heavy atom. The van der Waals surface area contributed by atoms with E-state index in [9.17, 15) is 4.79 Å². The van der Waals surface area contributed by atoms with Crippen LogP contribution in [0.15, 0.2) is 18.2 Å². The Morgan fingerprint density at radius 3 is 2.84 bits per heavy atom. The minimum absolute atomic E-state index is 0.0616. The lowest BCUT2D eigenvalue weighted by Crippen LogP contribution is -2.42. The Labute approximate surface area is 147 Å². The maximum Gasteiger partial charge on any atom is 0.274 e. The van der Waals surface area contributed by atoms with Gasteiger partial charge < -0.3 is 9.64 Å². The van der Waals surface area contributed by atoms with Gasteiger partial charge >= 0.3 is 0 Å². The first kappa shape index (κ1) is 16.1. The van der Waals surface area contributed by atoms with Crippen LogP contribution in [0.5, 0.6) is 5.88 Å². The molecule has 6 heteroatoms. The summed E-state index contributed by atoms with van der Waals surface area (Å²) in [6, 6.07) is 5.80. The van der Waals surface area contributed by atoms with Crippen molar-refractivity contribution in [3.8, 4) is 5.88 Å². The monoisotopic (exact) mass is 340 g/mol. The first-order valence-electron chi connectivity index (χ1n) is 9.16. The van der Waals surface area contributed by atoms with Crippen molar-refractivity contribution in [3.63, 3.8) is 0 Å². The van der Waals surface area contributed by atoms with E-state index in [2.05, 4.69) is 15.2 Å². The number of carbonyl (C=O) groups is 1. The van der Waals surface area contributed by atoms with Gasteiger partial charge in [0.25, 0.3) is 5.91 Å². The Hall–Kier alpha value is -2.37. The van der Waals surface area contributed by atoms with Crippen molar-refractivity contribution in [1.29, 1.82) is 0 Å². The molecule has 2 aromatic rings. The van der Waals surface area contributed by atoms with Crippen LogP contribution in [0, 0.1) is 6.92 Å². The number of ether oxygens (including phenoxy) is 1. The molecule has 132 valence electrons. The summed E-state index contributed by atoms with van der Waals surface area (Å²) in [4.78, 5) is 19.1. The Bertz CT molecular complexity index is 763. The quantitative estimate of drug-likeness (QED) is 0.932. The van der Waals surface area contributed by atoms with Crippen molar-refractivity contribution in [2.24, 2.45) is 0 Å². The van der Waals surface area contributed by atoms with Crippen LogP contribution in [-0.2, 0) is 12.8 Å². The molecule has 2 aliphatic rings. The van der Waals surface area contributed by atoms with Crippen molar-refractivity contribution in [1.82, 2.24) is 20.1 Å². The number of fused-ring (bicyclic) bond motifs is 1. The number of nitrogens with one attached hydrogen (secondary N) is 1. The van der Waals surface area contributed by atoms with E-state index >= 15 is 0 Å². The third-order valence-corrected chi connectivity index (χ3v) is 5.14. The minimum atomic E-state index is 0.0616. The summed E-state index contributed by atoms with van der Waals surface area (Å²) >= 11 is 0. The second kappa shape index (κ2) is 6.86. The third-order valence-electron chi connectivity index (χ3n) is 5.14. The first-order valence-corrected chi connectivity index (χ1v) is 9.16. The van der Waals surface area contributed by atoms with E-state index in [1.807, 2.05) is 30.0 Å². The molecule has 0 aromatic carbocycles. The lowest BCUT2D eigenvalue weighted by Gasteiger charge is -2.31. The van der Waals surface area contributed by atoms with Gasteiger partial charge in [0.2, 0.25) is 5.88 Å². The predicted octanol–water partition coefficient (Wildman–Crippen LogP) is 2.68. The molecular weight excluding hydrogens is 316 g/mol. The van der Waals surface area contributed by atoms with Gasteiger partial charge in [-0.05, 0) is 38.7 Å². The van der Waals surface area contributed by atoms with E-state index in [-0.39, 0.29) is 12.0 Å². The van der Waals surface area contributed by atoms with Gasteiger partial charge in [-0.25, -0.2) is 4.98 Å². The van der Waals surface area contributed by atoms with Gasteiger partial charge in [0, 0.05) is 48.9 Å². The molecule has 0 saturated carbocycles. The molecule has 1 aliphatic heterocycles. The smallest absolute Gasteiger partial charge is 0.274 e. The van der Waals surface area contributed by atoms with Gasteiger partial charge in [-0.15, -0.1) is 0 Å². The molecule has 0 bridgehead atoms. The molecule has 4 rings (SSSR count). The van der Waals surface area contributed by atoms with Crippen molar-refractivity contribution in [3.05, 3.63) is 40.8 Å². The number of aromatic amines is 1. The average Bonchev–Trinajstić information content (AvgIpc) is 3.06. The average molecular weight is 340 g/mol. The van der Waals surface area contributed by atoms with E-state index < -0.39 is 0 Å². The normalized spacial score (nSPS) is 18.0. The molecule has 1 saturated heterocycles. The summed E-state index contributed by atoms with van der Waals surface area (Å²) in [5, 5.41) is 7.37. The molecule has 0 atom stereocenters. The Balaban J connectivity index is 1.37. The van der Waals surface area contributed by atoms with Crippen LogP contribution < -0.4 is 4.74 Å². The zero-order valence-electron chi connectivity index (χ0n) is 14.6. The van der Waals surface area contributed by atoms with Crippen LogP contribution in [0.25, 0.3) is 0 Å². The fourth-order valence-corrected chi connectivity index (χ4v) is 3.74. The van der Waals surface area contributed by atoms with E-state index in [4.69, 9.17) is 4.74 Å². The van der Waals surface area contributed by atoms with Crippen molar-refractivity contribution < 1.29 is 9.53 Å². The van der Waals surface area contributed by atoms with E-state index in [0.717, 1.165) is 49.1 Å². The highest BCUT2D eigenvalue weighted by atomic mass is 16.5. The molecule has 0 unspecified atom stereocenters. The topological polar surface area (TPSA) is 71.1 Å². The van der Waals surface area contributed by atoms with Crippen molar-refractivity contribution in [2.45, 2.75) is 51.6 Å². The Kier molecular flexibility index (Phi) is 4.42. The fraction of sp³-hybridized carbons (Fsp3) is 0.526. The number of aromatic nitrogens is 3. The third kappa shape index (κ3) is 3.38. The molecule has 1 fully saturated rings. The molecule has 1 amide bonds. The van der Waals surface area contributed by atoms with Gasteiger partial charge in [0.1, 0.15) is 6.10 Å². The molecular formula is C19H24N4O2. The van der Waals surface area contributed by atoms with Gasteiger partial charge in [-0.2, -0.15) is 5.10 Å². The van der Waals surface area contributed by atoms with Crippen molar-refractivity contribution in [2.75, 3.05) is 13.1 Å². The molecule has 6 nitrogen and oxygen atoms in total. The summed E-state index contributed by atoms with van der Waals surface area (Å²) in [7, 11) is 0. The molecule has 25 heavy (non-hydrogen) atoms. The second-order valence-corrected chi connectivity index (χ2v) is 6.96. The SMILES string of the molecule is Cc1cccc(OC2CCN(C(=O)c3n[nH]c4c3CCCC4)CC2)n1.